The molecule has 2 aromatic carbocycles. The maximum absolute atomic E-state index is 13.5. The number of halogens is 1. The molecule has 0 aliphatic carbocycles. The van der Waals surface area contributed by atoms with Crippen molar-refractivity contribution in [2.45, 2.75) is 56.5 Å². The summed E-state index contributed by atoms with van der Waals surface area (Å²) in [6.07, 6.45) is 4.69. The van der Waals surface area contributed by atoms with Crippen molar-refractivity contribution in [3.05, 3.63) is 89.2 Å². The fourth-order valence-electron chi connectivity index (χ4n) is 4.58. The number of rotatable bonds is 16. The predicted octanol–water partition coefficient (Wildman–Crippen LogP) is 3.65. The molecule has 10 nitrogen and oxygen atoms in total. The van der Waals surface area contributed by atoms with E-state index in [-0.39, 0.29) is 36.3 Å². The standard InChI is InChI=1S/C31H40ClN5O5S/c1-22(2)20-37(43(41,42)27-12-10-25(33)11-13-27)26(21-38)8-5-6-16-35-31(40)29(19-24-7-3-4-9-28(24)32)36-30(39)23-14-17-34-18-15-23/h3-4,7,9-15,17-18,22,26,29,38H,5-6,8,16,19-21,33H2,1-2H3,(H,35,40)(H,36,39)/t26-,29-/m0/s1. The van der Waals surface area contributed by atoms with Crippen LogP contribution in [0.15, 0.2) is 78.0 Å². The number of carbonyl (C=O) groups excluding carboxylic acids is 2. The molecule has 0 bridgehead atoms. The molecule has 0 aliphatic rings. The molecule has 0 radical (unpaired) electrons. The number of aliphatic hydroxyl groups is 1. The van der Waals surface area contributed by atoms with Crippen molar-refractivity contribution < 1.29 is 23.1 Å². The molecule has 1 heterocycles. The summed E-state index contributed by atoms with van der Waals surface area (Å²) in [5.41, 5.74) is 7.29. The first kappa shape index (κ1) is 34.0. The highest BCUT2D eigenvalue weighted by molar-refractivity contribution is 7.89. The van der Waals surface area contributed by atoms with Crippen LogP contribution in [0.2, 0.25) is 5.02 Å². The van der Waals surface area contributed by atoms with E-state index < -0.39 is 28.0 Å². The second-order valence-corrected chi connectivity index (χ2v) is 13.0. The molecule has 0 fully saturated rings. The molecule has 0 spiro atoms. The lowest BCUT2D eigenvalue weighted by molar-refractivity contribution is -0.122. The summed E-state index contributed by atoms with van der Waals surface area (Å²) in [6.45, 7) is 4.05. The normalized spacial score (nSPS) is 13.1. The SMILES string of the molecule is CC(C)CN([C@H](CO)CCCCNC(=O)[C@H](Cc1ccccc1Cl)NC(=O)c1ccncc1)S(=O)(=O)c1ccc(N)cc1. The Morgan fingerprint density at radius 2 is 1.70 bits per heavy atom. The van der Waals surface area contributed by atoms with Gasteiger partial charge < -0.3 is 21.5 Å². The van der Waals surface area contributed by atoms with E-state index in [2.05, 4.69) is 15.6 Å². The lowest BCUT2D eigenvalue weighted by Gasteiger charge is -2.31. The Morgan fingerprint density at radius 3 is 2.33 bits per heavy atom. The van der Waals surface area contributed by atoms with E-state index in [1.54, 1.807) is 30.3 Å². The van der Waals surface area contributed by atoms with Crippen LogP contribution in [0.3, 0.4) is 0 Å². The first-order valence-corrected chi connectivity index (χ1v) is 16.0. The maximum Gasteiger partial charge on any atom is 0.252 e. The predicted molar refractivity (Wildman–Crippen MR) is 168 cm³/mol. The van der Waals surface area contributed by atoms with Gasteiger partial charge in [0, 0.05) is 54.2 Å². The van der Waals surface area contributed by atoms with Crippen LogP contribution >= 0.6 is 11.6 Å². The number of pyridine rings is 1. The molecule has 0 aliphatic heterocycles. The number of sulfonamides is 1. The maximum atomic E-state index is 13.5. The molecule has 3 rings (SSSR count). The number of unbranched alkanes of at least 4 members (excludes halogenated alkanes) is 1. The quantitative estimate of drug-likeness (QED) is 0.139. The van der Waals surface area contributed by atoms with Crippen molar-refractivity contribution in [1.29, 1.82) is 0 Å². The molecule has 43 heavy (non-hydrogen) atoms. The second kappa shape index (κ2) is 16.4. The van der Waals surface area contributed by atoms with Gasteiger partial charge in [0.1, 0.15) is 6.04 Å². The zero-order valence-corrected chi connectivity index (χ0v) is 26.0. The van der Waals surface area contributed by atoms with E-state index in [1.807, 2.05) is 19.9 Å². The van der Waals surface area contributed by atoms with Crippen molar-refractivity contribution in [2.75, 3.05) is 25.4 Å². The molecule has 0 saturated carbocycles. The Bertz CT molecular complexity index is 1440. The van der Waals surface area contributed by atoms with Crippen LogP contribution in [-0.2, 0) is 21.2 Å². The van der Waals surface area contributed by atoms with Crippen LogP contribution in [0, 0.1) is 5.92 Å². The van der Waals surface area contributed by atoms with Gasteiger partial charge in [-0.3, -0.25) is 14.6 Å². The Labute approximate surface area is 258 Å². The highest BCUT2D eigenvalue weighted by atomic mass is 35.5. The number of nitrogens with zero attached hydrogens (tertiary/aromatic N) is 2. The third-order valence-electron chi connectivity index (χ3n) is 6.86. The van der Waals surface area contributed by atoms with Gasteiger partial charge in [-0.05, 0) is 66.8 Å². The summed E-state index contributed by atoms with van der Waals surface area (Å²) >= 11 is 6.33. The smallest absolute Gasteiger partial charge is 0.252 e. The third kappa shape index (κ3) is 10.0. The molecule has 0 saturated heterocycles. The number of nitrogens with one attached hydrogen (secondary N) is 2. The molecule has 5 N–H and O–H groups in total. The minimum Gasteiger partial charge on any atom is -0.399 e. The Morgan fingerprint density at radius 1 is 1.02 bits per heavy atom. The monoisotopic (exact) mass is 629 g/mol. The lowest BCUT2D eigenvalue weighted by atomic mass is 10.0. The van der Waals surface area contributed by atoms with Gasteiger partial charge in [-0.2, -0.15) is 4.31 Å². The minimum atomic E-state index is -3.87. The zero-order valence-electron chi connectivity index (χ0n) is 24.4. The summed E-state index contributed by atoms with van der Waals surface area (Å²) in [7, 11) is -3.87. The lowest BCUT2D eigenvalue weighted by Crippen LogP contribution is -2.48. The number of aromatic nitrogens is 1. The van der Waals surface area contributed by atoms with Gasteiger partial charge in [-0.15, -0.1) is 0 Å². The number of nitrogens with two attached hydrogens (primary N) is 1. The van der Waals surface area contributed by atoms with Gasteiger partial charge >= 0.3 is 0 Å². The highest BCUT2D eigenvalue weighted by Crippen LogP contribution is 2.23. The number of benzene rings is 2. The number of nitrogen functional groups attached to an aromatic ring is 1. The van der Waals surface area contributed by atoms with E-state index >= 15 is 0 Å². The molecule has 232 valence electrons. The van der Waals surface area contributed by atoms with Gasteiger partial charge in [-0.1, -0.05) is 50.1 Å². The Hall–Kier alpha value is -3.51. The summed E-state index contributed by atoms with van der Waals surface area (Å²) in [5, 5.41) is 16.3. The van der Waals surface area contributed by atoms with Crippen LogP contribution in [0.1, 0.15) is 49.0 Å². The summed E-state index contributed by atoms with van der Waals surface area (Å²) in [5.74, 6) is -0.740. The van der Waals surface area contributed by atoms with Crippen LogP contribution in [0.4, 0.5) is 5.69 Å². The number of hydrogen-bond donors (Lipinski definition) is 4. The van der Waals surface area contributed by atoms with E-state index in [0.29, 0.717) is 42.1 Å². The topological polar surface area (TPSA) is 155 Å². The minimum absolute atomic E-state index is 0.0364. The van der Waals surface area contributed by atoms with Crippen LogP contribution in [0.25, 0.3) is 0 Å². The number of amides is 2. The van der Waals surface area contributed by atoms with Crippen molar-refractivity contribution >= 4 is 39.1 Å². The van der Waals surface area contributed by atoms with Crippen molar-refractivity contribution in [3.63, 3.8) is 0 Å². The zero-order chi connectivity index (χ0) is 31.4. The van der Waals surface area contributed by atoms with Crippen molar-refractivity contribution in [3.8, 4) is 0 Å². The van der Waals surface area contributed by atoms with E-state index in [4.69, 9.17) is 17.3 Å². The Balaban J connectivity index is 1.62. The van der Waals surface area contributed by atoms with Gasteiger partial charge in [-0.25, -0.2) is 8.42 Å². The molecule has 2 atom stereocenters. The molecule has 12 heteroatoms. The van der Waals surface area contributed by atoms with E-state index in [1.165, 1.54) is 41.0 Å². The first-order chi connectivity index (χ1) is 20.5. The molecule has 2 amide bonds. The number of carbonyl (C=O) groups is 2. The molecular weight excluding hydrogens is 590 g/mol. The molecule has 3 aromatic rings. The third-order valence-corrected chi connectivity index (χ3v) is 9.16. The average molecular weight is 630 g/mol. The Kier molecular flexibility index (Phi) is 12.9. The van der Waals surface area contributed by atoms with Gasteiger partial charge in [0.15, 0.2) is 0 Å². The fourth-order valence-corrected chi connectivity index (χ4v) is 6.61. The number of hydrogen-bond acceptors (Lipinski definition) is 7. The first-order valence-electron chi connectivity index (χ1n) is 14.2. The molecule has 1 aromatic heterocycles. The molecular formula is C31H40ClN5O5S. The highest BCUT2D eigenvalue weighted by Gasteiger charge is 2.31. The number of anilines is 1. The van der Waals surface area contributed by atoms with Crippen LogP contribution < -0.4 is 16.4 Å². The average Bonchev–Trinajstić information content (AvgIpc) is 2.99. The number of aliphatic hydroxyl groups excluding tert-OH is 1. The van der Waals surface area contributed by atoms with Crippen LogP contribution in [0.5, 0.6) is 0 Å². The second-order valence-electron chi connectivity index (χ2n) is 10.7. The van der Waals surface area contributed by atoms with Gasteiger partial charge in [0.2, 0.25) is 15.9 Å². The van der Waals surface area contributed by atoms with Crippen LogP contribution in [-0.4, -0.2) is 66.4 Å². The van der Waals surface area contributed by atoms with E-state index in [9.17, 15) is 23.1 Å². The summed E-state index contributed by atoms with van der Waals surface area (Å²) in [4.78, 5) is 30.1. The summed E-state index contributed by atoms with van der Waals surface area (Å²) in [6, 6.07) is 14.8. The summed E-state index contributed by atoms with van der Waals surface area (Å²) < 4.78 is 28.3. The fraction of sp³-hybridized carbons (Fsp3) is 0.387. The van der Waals surface area contributed by atoms with Crippen molar-refractivity contribution in [2.24, 2.45) is 5.92 Å². The van der Waals surface area contributed by atoms with Gasteiger partial charge in [0.05, 0.1) is 11.5 Å². The van der Waals surface area contributed by atoms with Crippen molar-refractivity contribution in [1.82, 2.24) is 19.9 Å². The van der Waals surface area contributed by atoms with E-state index in [0.717, 1.165) is 5.56 Å². The van der Waals surface area contributed by atoms with Gasteiger partial charge in [0.25, 0.3) is 5.91 Å². The molecule has 0 unspecified atom stereocenters. The largest absolute Gasteiger partial charge is 0.399 e.